The summed E-state index contributed by atoms with van der Waals surface area (Å²) in [6.45, 7) is 14.6. The SMILES string of the molecule is C[C@H]1CC(C[C@@H](CCCCCCCCCC[C@@H]2CO2)O[Si](C)(C)C(C)(C)C)(Sc2ccccc2)C(=O)O1. The number of rotatable bonds is 17. The van der Waals surface area contributed by atoms with Gasteiger partial charge in [-0.05, 0) is 56.5 Å². The number of carbonyl (C=O) groups is 1. The van der Waals surface area contributed by atoms with Gasteiger partial charge in [0.15, 0.2) is 8.32 Å². The van der Waals surface area contributed by atoms with Gasteiger partial charge in [-0.25, -0.2) is 0 Å². The normalized spacial score (nSPS) is 24.8. The highest BCUT2D eigenvalue weighted by Crippen LogP contribution is 2.47. The van der Waals surface area contributed by atoms with Crippen molar-refractivity contribution in [1.82, 2.24) is 0 Å². The number of cyclic esters (lactones) is 1. The molecule has 2 saturated heterocycles. The maximum Gasteiger partial charge on any atom is 0.323 e. The number of thioether (sulfide) groups is 1. The van der Waals surface area contributed by atoms with Crippen molar-refractivity contribution in [3.63, 3.8) is 0 Å². The van der Waals surface area contributed by atoms with Crippen molar-refractivity contribution < 1.29 is 18.7 Å². The van der Waals surface area contributed by atoms with Crippen molar-refractivity contribution in [3.8, 4) is 0 Å². The van der Waals surface area contributed by atoms with Crippen molar-refractivity contribution in [1.29, 1.82) is 0 Å². The van der Waals surface area contributed by atoms with E-state index in [-0.39, 0.29) is 23.2 Å². The number of epoxide rings is 1. The minimum atomic E-state index is -1.97. The van der Waals surface area contributed by atoms with Crippen molar-refractivity contribution in [2.24, 2.45) is 0 Å². The number of esters is 1. The smallest absolute Gasteiger partial charge is 0.323 e. The van der Waals surface area contributed by atoms with Crippen LogP contribution in [-0.4, -0.2) is 44.0 Å². The molecular weight excluding hydrogens is 496 g/mol. The first kappa shape index (κ1) is 30.7. The molecule has 0 saturated carbocycles. The number of benzene rings is 1. The van der Waals surface area contributed by atoms with Crippen LogP contribution in [-0.2, 0) is 18.7 Å². The zero-order valence-corrected chi connectivity index (χ0v) is 26.2. The molecule has 2 aliphatic rings. The molecule has 6 heteroatoms. The van der Waals surface area contributed by atoms with Crippen LogP contribution >= 0.6 is 11.8 Å². The Kier molecular flexibility index (Phi) is 11.6. The summed E-state index contributed by atoms with van der Waals surface area (Å²) < 4.78 is 17.5. The van der Waals surface area contributed by atoms with Gasteiger partial charge in [0.05, 0.1) is 12.7 Å². The van der Waals surface area contributed by atoms with E-state index in [9.17, 15) is 4.79 Å². The first-order valence-electron chi connectivity index (χ1n) is 14.8. The monoisotopic (exact) mass is 548 g/mol. The Morgan fingerprint density at radius 2 is 1.62 bits per heavy atom. The van der Waals surface area contributed by atoms with Crippen LogP contribution in [0.3, 0.4) is 0 Å². The minimum absolute atomic E-state index is 0.0472. The van der Waals surface area contributed by atoms with Gasteiger partial charge in [-0.2, -0.15) is 0 Å². The van der Waals surface area contributed by atoms with Gasteiger partial charge >= 0.3 is 5.97 Å². The Morgan fingerprint density at radius 3 is 2.16 bits per heavy atom. The second-order valence-corrected chi connectivity index (χ2v) is 19.1. The molecule has 1 unspecified atom stereocenters. The fourth-order valence-electron chi connectivity index (χ4n) is 5.09. The van der Waals surface area contributed by atoms with E-state index in [1.165, 1.54) is 51.4 Å². The summed E-state index contributed by atoms with van der Waals surface area (Å²) in [5.41, 5.74) is 0. The summed E-state index contributed by atoms with van der Waals surface area (Å²) in [4.78, 5) is 14.4. The molecule has 2 aliphatic heterocycles. The van der Waals surface area contributed by atoms with E-state index >= 15 is 0 Å². The molecule has 0 radical (unpaired) electrons. The number of hydrogen-bond acceptors (Lipinski definition) is 5. The summed E-state index contributed by atoms with van der Waals surface area (Å²) in [6.07, 6.45) is 14.8. The Labute approximate surface area is 232 Å². The minimum Gasteiger partial charge on any atom is -0.462 e. The van der Waals surface area contributed by atoms with Gasteiger partial charge in [-0.15, -0.1) is 11.8 Å². The molecule has 0 bridgehead atoms. The summed E-state index contributed by atoms with van der Waals surface area (Å²) in [5, 5.41) is 0.139. The fraction of sp³-hybridized carbons (Fsp3) is 0.774. The first-order chi connectivity index (χ1) is 17.5. The van der Waals surface area contributed by atoms with Crippen molar-refractivity contribution in [2.45, 2.75) is 151 Å². The molecule has 0 N–H and O–H groups in total. The van der Waals surface area contributed by atoms with Crippen molar-refractivity contribution >= 4 is 26.0 Å². The van der Waals surface area contributed by atoms with Gasteiger partial charge in [0, 0.05) is 17.4 Å². The van der Waals surface area contributed by atoms with E-state index in [2.05, 4.69) is 46.0 Å². The lowest BCUT2D eigenvalue weighted by atomic mass is 9.94. The fourth-order valence-corrected chi connectivity index (χ4v) is 7.94. The third kappa shape index (κ3) is 10.0. The number of hydrogen-bond donors (Lipinski definition) is 0. The van der Waals surface area contributed by atoms with E-state index in [0.717, 1.165) is 37.2 Å². The maximum atomic E-state index is 13.3. The summed E-state index contributed by atoms with van der Waals surface area (Å²) in [6, 6.07) is 10.3. The van der Waals surface area contributed by atoms with Gasteiger partial charge < -0.3 is 13.9 Å². The average molecular weight is 549 g/mol. The van der Waals surface area contributed by atoms with E-state index in [1.807, 2.05) is 25.1 Å². The van der Waals surface area contributed by atoms with Gasteiger partial charge in [0.1, 0.15) is 10.9 Å². The van der Waals surface area contributed by atoms with Crippen LogP contribution in [0.5, 0.6) is 0 Å². The lowest BCUT2D eigenvalue weighted by Crippen LogP contribution is -2.46. The highest BCUT2D eigenvalue weighted by molar-refractivity contribution is 8.01. The van der Waals surface area contributed by atoms with Crippen molar-refractivity contribution in [3.05, 3.63) is 30.3 Å². The van der Waals surface area contributed by atoms with Gasteiger partial charge in [0.2, 0.25) is 0 Å². The molecule has 2 heterocycles. The molecule has 0 aliphatic carbocycles. The Morgan fingerprint density at radius 1 is 1.03 bits per heavy atom. The van der Waals surface area contributed by atoms with Crippen LogP contribution in [0.2, 0.25) is 18.1 Å². The second kappa shape index (κ2) is 14.0. The number of carbonyl (C=O) groups excluding carboxylic acids is 1. The molecule has 3 rings (SSSR count). The molecule has 0 spiro atoms. The van der Waals surface area contributed by atoms with Gasteiger partial charge in [-0.3, -0.25) is 4.79 Å². The zero-order valence-electron chi connectivity index (χ0n) is 24.4. The van der Waals surface area contributed by atoms with E-state index in [1.54, 1.807) is 11.8 Å². The first-order valence-corrected chi connectivity index (χ1v) is 18.5. The summed E-state index contributed by atoms with van der Waals surface area (Å²) in [5.74, 6) is -0.0640. The van der Waals surface area contributed by atoms with Crippen LogP contribution in [0.25, 0.3) is 0 Å². The van der Waals surface area contributed by atoms with Crippen molar-refractivity contribution in [2.75, 3.05) is 6.61 Å². The van der Waals surface area contributed by atoms with E-state index < -0.39 is 13.1 Å². The van der Waals surface area contributed by atoms with Crippen LogP contribution < -0.4 is 0 Å². The summed E-state index contributed by atoms with van der Waals surface area (Å²) in [7, 11) is -1.97. The standard InChI is InChI=1S/C31H52O4SSi/c1-25-22-31(29(32)34-25,36-28-20-16-13-17-21-28)23-26(35-37(5,6)30(2,3)4)18-14-11-9-7-8-10-12-15-19-27-24-33-27/h13,16-17,20-21,25-27H,7-12,14-15,18-19,22-24H2,1-6H3/t25-,26+,27+,31?/m0/s1. The molecule has 0 amide bonds. The molecule has 2 fully saturated rings. The summed E-state index contributed by atoms with van der Waals surface area (Å²) >= 11 is 1.69. The van der Waals surface area contributed by atoms with Crippen LogP contribution in [0.15, 0.2) is 35.2 Å². The predicted molar refractivity (Wildman–Crippen MR) is 158 cm³/mol. The van der Waals surface area contributed by atoms with Crippen LogP contribution in [0, 0.1) is 0 Å². The number of ether oxygens (including phenoxy) is 2. The van der Waals surface area contributed by atoms with E-state index in [4.69, 9.17) is 13.9 Å². The average Bonchev–Trinajstić information content (AvgIpc) is 3.59. The van der Waals surface area contributed by atoms with E-state index in [0.29, 0.717) is 6.10 Å². The quantitative estimate of drug-likeness (QED) is 0.0841. The number of unbranched alkanes of at least 4 members (excludes halogenated alkanes) is 7. The molecule has 0 aromatic heterocycles. The predicted octanol–water partition coefficient (Wildman–Crippen LogP) is 8.93. The van der Waals surface area contributed by atoms with Gasteiger partial charge in [-0.1, -0.05) is 90.3 Å². The third-order valence-electron chi connectivity index (χ3n) is 8.38. The molecule has 4 atom stereocenters. The second-order valence-electron chi connectivity index (χ2n) is 12.9. The lowest BCUT2D eigenvalue weighted by molar-refractivity contribution is -0.143. The highest BCUT2D eigenvalue weighted by Gasteiger charge is 2.51. The van der Waals surface area contributed by atoms with Crippen LogP contribution in [0.4, 0.5) is 0 Å². The molecule has 37 heavy (non-hydrogen) atoms. The largest absolute Gasteiger partial charge is 0.462 e. The third-order valence-corrected chi connectivity index (χ3v) is 14.3. The molecule has 4 nitrogen and oxygen atoms in total. The Balaban J connectivity index is 1.55. The highest BCUT2D eigenvalue weighted by atomic mass is 32.2. The zero-order chi connectivity index (χ0) is 26.9. The lowest BCUT2D eigenvalue weighted by Gasteiger charge is -2.41. The molecule has 1 aromatic carbocycles. The maximum absolute atomic E-state index is 13.3. The molecular formula is C31H52O4SSi. The Bertz CT molecular complexity index is 820. The van der Waals surface area contributed by atoms with Crippen LogP contribution in [0.1, 0.15) is 105 Å². The van der Waals surface area contributed by atoms with Gasteiger partial charge in [0.25, 0.3) is 0 Å². The molecule has 210 valence electrons. The molecule has 1 aromatic rings. The topological polar surface area (TPSA) is 48.1 Å². The Hall–Kier alpha value is -0.823.